The highest BCUT2D eigenvalue weighted by atomic mass is 35.5. The topological polar surface area (TPSA) is 0 Å². The predicted molar refractivity (Wildman–Crippen MR) is 110 cm³/mol. The van der Waals surface area contributed by atoms with E-state index >= 15 is 0 Å². The SMILES string of the molecule is FCCC=C[C@H]1CC[C@H](CCc2ccc(-c3ccc(Cl)cc3)cc2)CC1. The van der Waals surface area contributed by atoms with Gasteiger partial charge in [-0.15, -0.1) is 0 Å². The summed E-state index contributed by atoms with van der Waals surface area (Å²) in [4.78, 5) is 0. The van der Waals surface area contributed by atoms with Crippen molar-refractivity contribution in [3.8, 4) is 11.1 Å². The maximum absolute atomic E-state index is 12.2. The second-order valence-corrected chi connectivity index (χ2v) is 7.87. The van der Waals surface area contributed by atoms with Crippen LogP contribution in [-0.4, -0.2) is 6.67 Å². The van der Waals surface area contributed by atoms with Crippen molar-refractivity contribution in [2.75, 3.05) is 6.67 Å². The molecule has 3 rings (SSSR count). The van der Waals surface area contributed by atoms with E-state index in [-0.39, 0.29) is 6.67 Å². The van der Waals surface area contributed by atoms with Gasteiger partial charge in [0, 0.05) is 5.02 Å². The summed E-state index contributed by atoms with van der Waals surface area (Å²) in [6.45, 7) is -0.233. The molecule has 0 unspecified atom stereocenters. The zero-order chi connectivity index (χ0) is 18.2. The first-order valence-corrected chi connectivity index (χ1v) is 10.2. The van der Waals surface area contributed by atoms with Gasteiger partial charge < -0.3 is 0 Å². The number of hydrogen-bond acceptors (Lipinski definition) is 0. The van der Waals surface area contributed by atoms with E-state index in [1.165, 1.54) is 48.8 Å². The third kappa shape index (κ3) is 5.71. The molecule has 2 aromatic carbocycles. The van der Waals surface area contributed by atoms with Gasteiger partial charge in [-0.25, -0.2) is 0 Å². The van der Waals surface area contributed by atoms with Crippen molar-refractivity contribution in [2.45, 2.75) is 44.9 Å². The third-order valence-corrected chi connectivity index (χ3v) is 5.80. The number of hydrogen-bond donors (Lipinski definition) is 0. The molecule has 0 saturated heterocycles. The van der Waals surface area contributed by atoms with Crippen LogP contribution >= 0.6 is 11.6 Å². The molecule has 1 aliphatic rings. The molecule has 0 aliphatic heterocycles. The first kappa shape index (κ1) is 19.2. The Morgan fingerprint density at radius 1 is 0.885 bits per heavy atom. The van der Waals surface area contributed by atoms with Crippen molar-refractivity contribution in [3.05, 3.63) is 71.3 Å². The quantitative estimate of drug-likeness (QED) is 0.439. The summed E-state index contributed by atoms with van der Waals surface area (Å²) in [5.41, 5.74) is 3.87. The van der Waals surface area contributed by atoms with Gasteiger partial charge in [0.25, 0.3) is 0 Å². The molecule has 0 heterocycles. The van der Waals surface area contributed by atoms with Gasteiger partial charge in [0.05, 0.1) is 6.67 Å². The summed E-state index contributed by atoms with van der Waals surface area (Å²) < 4.78 is 12.2. The van der Waals surface area contributed by atoms with E-state index in [0.29, 0.717) is 12.3 Å². The third-order valence-electron chi connectivity index (χ3n) is 5.55. The molecule has 0 nitrogen and oxygen atoms in total. The molecular weight excluding hydrogens is 343 g/mol. The van der Waals surface area contributed by atoms with Gasteiger partial charge >= 0.3 is 0 Å². The standard InChI is InChI=1S/C24H28ClF/c25-24-16-14-23(15-17-24)22-12-10-21(11-13-22)9-8-20-6-4-19(5-7-20)3-1-2-18-26/h1,3,10-17,19-20H,2,4-9,18H2/t19-,20-. The Labute approximate surface area is 162 Å². The first-order valence-electron chi connectivity index (χ1n) is 9.82. The maximum Gasteiger partial charge on any atom is 0.0928 e. The van der Waals surface area contributed by atoms with E-state index in [0.717, 1.165) is 17.4 Å². The van der Waals surface area contributed by atoms with Crippen molar-refractivity contribution in [3.63, 3.8) is 0 Å². The summed E-state index contributed by atoms with van der Waals surface area (Å²) >= 11 is 5.96. The fourth-order valence-electron chi connectivity index (χ4n) is 3.90. The highest BCUT2D eigenvalue weighted by Gasteiger charge is 2.19. The van der Waals surface area contributed by atoms with Crippen molar-refractivity contribution >= 4 is 11.6 Å². The van der Waals surface area contributed by atoms with Crippen LogP contribution in [-0.2, 0) is 6.42 Å². The van der Waals surface area contributed by atoms with Crippen molar-refractivity contribution in [2.24, 2.45) is 11.8 Å². The van der Waals surface area contributed by atoms with Crippen LogP contribution in [0.3, 0.4) is 0 Å². The summed E-state index contributed by atoms with van der Waals surface area (Å²) in [5.74, 6) is 1.52. The van der Waals surface area contributed by atoms with E-state index in [1.54, 1.807) is 0 Å². The Kier molecular flexibility index (Phi) is 7.32. The first-order chi connectivity index (χ1) is 12.7. The molecule has 26 heavy (non-hydrogen) atoms. The predicted octanol–water partition coefficient (Wildman–Crippen LogP) is 7.66. The van der Waals surface area contributed by atoms with E-state index < -0.39 is 0 Å². The molecule has 0 N–H and O–H groups in total. The summed E-state index contributed by atoms with van der Waals surface area (Å²) in [6.07, 6.45) is 12.4. The van der Waals surface area contributed by atoms with E-state index in [1.807, 2.05) is 18.2 Å². The lowest BCUT2D eigenvalue weighted by Gasteiger charge is -2.26. The van der Waals surface area contributed by atoms with Gasteiger partial charge in [-0.2, -0.15) is 0 Å². The number of benzene rings is 2. The minimum Gasteiger partial charge on any atom is -0.251 e. The monoisotopic (exact) mass is 370 g/mol. The Morgan fingerprint density at radius 3 is 2.12 bits per heavy atom. The minimum absolute atomic E-state index is 0.233. The molecule has 0 atom stereocenters. The molecular formula is C24H28ClF. The number of rotatable bonds is 7. The summed E-state index contributed by atoms with van der Waals surface area (Å²) in [5, 5.41) is 0.776. The molecule has 2 heteroatoms. The summed E-state index contributed by atoms with van der Waals surface area (Å²) in [7, 11) is 0. The number of alkyl halides is 1. The van der Waals surface area contributed by atoms with E-state index in [4.69, 9.17) is 11.6 Å². The average molecular weight is 371 g/mol. The molecule has 2 aromatic rings. The molecule has 0 bridgehead atoms. The molecule has 138 valence electrons. The lowest BCUT2D eigenvalue weighted by atomic mass is 9.79. The highest BCUT2D eigenvalue weighted by Crippen LogP contribution is 2.32. The minimum atomic E-state index is -0.233. The smallest absolute Gasteiger partial charge is 0.0928 e. The molecule has 1 fully saturated rings. The van der Waals surface area contributed by atoms with Crippen LogP contribution in [0.1, 0.15) is 44.1 Å². The highest BCUT2D eigenvalue weighted by molar-refractivity contribution is 6.30. The van der Waals surface area contributed by atoms with Crippen molar-refractivity contribution in [1.82, 2.24) is 0 Å². The largest absolute Gasteiger partial charge is 0.251 e. The number of halogens is 2. The Balaban J connectivity index is 1.45. The van der Waals surface area contributed by atoms with Crippen LogP contribution in [0.4, 0.5) is 4.39 Å². The van der Waals surface area contributed by atoms with Crippen LogP contribution in [0, 0.1) is 11.8 Å². The average Bonchev–Trinajstić information content (AvgIpc) is 2.69. The zero-order valence-corrected chi connectivity index (χ0v) is 16.1. The second-order valence-electron chi connectivity index (χ2n) is 7.43. The number of aryl methyl sites for hydroxylation is 1. The molecule has 0 amide bonds. The maximum atomic E-state index is 12.2. The lowest BCUT2D eigenvalue weighted by Crippen LogP contribution is -2.13. The summed E-state index contributed by atoms with van der Waals surface area (Å²) in [6, 6.07) is 17.0. The lowest BCUT2D eigenvalue weighted by molar-refractivity contribution is 0.296. The van der Waals surface area contributed by atoms with Crippen LogP contribution in [0.15, 0.2) is 60.7 Å². The van der Waals surface area contributed by atoms with Gasteiger partial charge in [-0.05, 0) is 85.6 Å². The van der Waals surface area contributed by atoms with Crippen LogP contribution in [0.2, 0.25) is 5.02 Å². The molecule has 0 aromatic heterocycles. The van der Waals surface area contributed by atoms with Gasteiger partial charge in [0.2, 0.25) is 0 Å². The molecule has 0 radical (unpaired) electrons. The molecule has 0 spiro atoms. The number of allylic oxidation sites excluding steroid dienone is 2. The van der Waals surface area contributed by atoms with Crippen molar-refractivity contribution in [1.29, 1.82) is 0 Å². The van der Waals surface area contributed by atoms with E-state index in [2.05, 4.69) is 42.5 Å². The van der Waals surface area contributed by atoms with Crippen LogP contribution in [0.5, 0.6) is 0 Å². The zero-order valence-electron chi connectivity index (χ0n) is 15.3. The van der Waals surface area contributed by atoms with Gasteiger partial charge in [-0.1, -0.05) is 60.2 Å². The van der Waals surface area contributed by atoms with Crippen molar-refractivity contribution < 1.29 is 4.39 Å². The Hall–Kier alpha value is -1.60. The Bertz CT molecular complexity index is 679. The van der Waals surface area contributed by atoms with Crippen LogP contribution < -0.4 is 0 Å². The second kappa shape index (κ2) is 9.92. The Morgan fingerprint density at radius 2 is 1.50 bits per heavy atom. The fraction of sp³-hybridized carbons (Fsp3) is 0.417. The molecule has 1 saturated carbocycles. The van der Waals surface area contributed by atoms with Gasteiger partial charge in [0.15, 0.2) is 0 Å². The fourth-order valence-corrected chi connectivity index (χ4v) is 4.02. The van der Waals surface area contributed by atoms with Gasteiger partial charge in [-0.3, -0.25) is 4.39 Å². The van der Waals surface area contributed by atoms with E-state index in [9.17, 15) is 4.39 Å². The van der Waals surface area contributed by atoms with Crippen LogP contribution in [0.25, 0.3) is 11.1 Å². The van der Waals surface area contributed by atoms with Gasteiger partial charge in [0.1, 0.15) is 0 Å². The normalized spacial score (nSPS) is 20.5. The molecule has 1 aliphatic carbocycles.